The quantitative estimate of drug-likeness (QED) is 0.913. The largest absolute Gasteiger partial charge is 0.497 e. The molecule has 0 amide bonds. The van der Waals surface area contributed by atoms with E-state index in [4.69, 9.17) is 9.47 Å². The molecule has 110 valence electrons. The molecule has 0 aliphatic carbocycles. The lowest BCUT2D eigenvalue weighted by atomic mass is 9.93. The van der Waals surface area contributed by atoms with Crippen LogP contribution in [0, 0.1) is 0 Å². The summed E-state index contributed by atoms with van der Waals surface area (Å²) in [6, 6.07) is 16.5. The molecule has 0 fully saturated rings. The third kappa shape index (κ3) is 3.37. The van der Waals surface area contributed by atoms with E-state index >= 15 is 0 Å². The average Bonchev–Trinajstić information content (AvgIpc) is 2.55. The van der Waals surface area contributed by atoms with E-state index in [-0.39, 0.29) is 0 Å². The van der Waals surface area contributed by atoms with Gasteiger partial charge in [0.25, 0.3) is 0 Å². The van der Waals surface area contributed by atoms with Crippen LogP contribution in [0.5, 0.6) is 11.5 Å². The maximum Gasteiger partial charge on any atom is 0.122 e. The molecule has 0 bridgehead atoms. The molecule has 0 saturated carbocycles. The van der Waals surface area contributed by atoms with E-state index in [0.29, 0.717) is 5.92 Å². The third-order valence-electron chi connectivity index (χ3n) is 3.94. The molecule has 0 radical (unpaired) electrons. The predicted molar refractivity (Wildman–Crippen MR) is 84.0 cm³/mol. The molecule has 2 aromatic rings. The molecule has 3 nitrogen and oxygen atoms in total. The zero-order chi connectivity index (χ0) is 14.5. The summed E-state index contributed by atoms with van der Waals surface area (Å²) in [6.45, 7) is 2.64. The van der Waals surface area contributed by atoms with Crippen LogP contribution in [-0.4, -0.2) is 20.3 Å². The van der Waals surface area contributed by atoms with Gasteiger partial charge in [0.05, 0.1) is 13.7 Å². The fourth-order valence-corrected chi connectivity index (χ4v) is 2.80. The lowest BCUT2D eigenvalue weighted by Crippen LogP contribution is -2.25. The monoisotopic (exact) mass is 283 g/mol. The number of rotatable bonds is 5. The Kier molecular flexibility index (Phi) is 4.41. The van der Waals surface area contributed by atoms with Crippen LogP contribution in [0.25, 0.3) is 0 Å². The Morgan fingerprint density at radius 2 is 2.10 bits per heavy atom. The van der Waals surface area contributed by atoms with E-state index in [1.54, 1.807) is 7.11 Å². The lowest BCUT2D eigenvalue weighted by molar-refractivity contribution is 0.264. The minimum Gasteiger partial charge on any atom is -0.497 e. The maximum absolute atomic E-state index is 5.70. The van der Waals surface area contributed by atoms with Crippen LogP contribution in [-0.2, 0) is 6.54 Å². The third-order valence-corrected chi connectivity index (χ3v) is 3.94. The molecular formula is C18H21NO2. The Bertz CT molecular complexity index is 597. The van der Waals surface area contributed by atoms with Gasteiger partial charge in [0.1, 0.15) is 11.5 Å². The summed E-state index contributed by atoms with van der Waals surface area (Å²) in [4.78, 5) is 0. The first-order valence-electron chi connectivity index (χ1n) is 7.42. The molecule has 1 heterocycles. The van der Waals surface area contributed by atoms with Crippen LogP contribution >= 0.6 is 0 Å². The number of methoxy groups -OCH3 is 1. The number of benzene rings is 2. The second-order valence-electron chi connectivity index (χ2n) is 5.35. The summed E-state index contributed by atoms with van der Waals surface area (Å²) in [5, 5.41) is 3.55. The van der Waals surface area contributed by atoms with Gasteiger partial charge in [-0.15, -0.1) is 0 Å². The second kappa shape index (κ2) is 6.64. The Balaban J connectivity index is 1.59. The molecule has 1 aliphatic rings. The van der Waals surface area contributed by atoms with Crippen LogP contribution in [0.2, 0.25) is 0 Å². The Morgan fingerprint density at radius 3 is 3.00 bits per heavy atom. The number of ether oxygens (including phenoxy) is 2. The highest BCUT2D eigenvalue weighted by molar-refractivity contribution is 5.38. The minimum atomic E-state index is 0.528. The smallest absolute Gasteiger partial charge is 0.122 e. The molecule has 1 N–H and O–H groups in total. The van der Waals surface area contributed by atoms with Crippen molar-refractivity contribution in [1.82, 2.24) is 5.32 Å². The summed E-state index contributed by atoms with van der Waals surface area (Å²) in [5.74, 6) is 2.48. The summed E-state index contributed by atoms with van der Waals surface area (Å²) in [5.41, 5.74) is 2.57. The minimum absolute atomic E-state index is 0.528. The van der Waals surface area contributed by atoms with Gasteiger partial charge in [-0.3, -0.25) is 0 Å². The van der Waals surface area contributed by atoms with Gasteiger partial charge in [-0.1, -0.05) is 30.3 Å². The van der Waals surface area contributed by atoms with Crippen molar-refractivity contribution in [2.24, 2.45) is 0 Å². The van der Waals surface area contributed by atoms with Crippen molar-refractivity contribution in [2.45, 2.75) is 18.9 Å². The van der Waals surface area contributed by atoms with Gasteiger partial charge in [-0.05, 0) is 35.7 Å². The summed E-state index contributed by atoms with van der Waals surface area (Å²) < 4.78 is 11.0. The van der Waals surface area contributed by atoms with Gasteiger partial charge in [0.2, 0.25) is 0 Å². The van der Waals surface area contributed by atoms with Crippen LogP contribution in [0.15, 0.2) is 48.5 Å². The second-order valence-corrected chi connectivity index (χ2v) is 5.35. The number of para-hydroxylation sites is 1. The molecule has 21 heavy (non-hydrogen) atoms. The molecule has 2 aromatic carbocycles. The Labute approximate surface area is 125 Å². The van der Waals surface area contributed by atoms with Crippen molar-refractivity contribution in [3.8, 4) is 11.5 Å². The van der Waals surface area contributed by atoms with Gasteiger partial charge in [-0.2, -0.15) is 0 Å². The molecule has 3 rings (SSSR count). The zero-order valence-corrected chi connectivity index (χ0v) is 12.3. The van der Waals surface area contributed by atoms with Crippen LogP contribution in [0.4, 0.5) is 0 Å². The first kappa shape index (κ1) is 14.0. The van der Waals surface area contributed by atoms with Crippen molar-refractivity contribution in [1.29, 1.82) is 0 Å². The van der Waals surface area contributed by atoms with Gasteiger partial charge in [-0.25, -0.2) is 0 Å². The molecular weight excluding hydrogens is 262 g/mol. The van der Waals surface area contributed by atoms with E-state index in [0.717, 1.165) is 37.6 Å². The standard InChI is InChI=1S/C18H21NO2/c1-20-16-6-4-5-14(11-16)12-19-13-15-9-10-21-18-8-3-2-7-17(15)18/h2-8,11,15,19H,9-10,12-13H2,1H3. The van der Waals surface area contributed by atoms with Crippen molar-refractivity contribution in [2.75, 3.05) is 20.3 Å². The molecule has 1 atom stereocenters. The van der Waals surface area contributed by atoms with Gasteiger partial charge >= 0.3 is 0 Å². The first-order chi connectivity index (χ1) is 10.4. The van der Waals surface area contributed by atoms with Crippen LogP contribution in [0.1, 0.15) is 23.5 Å². The normalized spacial score (nSPS) is 16.9. The van der Waals surface area contributed by atoms with Gasteiger partial charge in [0.15, 0.2) is 0 Å². The van der Waals surface area contributed by atoms with Crippen molar-refractivity contribution < 1.29 is 9.47 Å². The average molecular weight is 283 g/mol. The van der Waals surface area contributed by atoms with E-state index in [1.807, 2.05) is 18.2 Å². The number of hydrogen-bond acceptors (Lipinski definition) is 3. The van der Waals surface area contributed by atoms with Crippen molar-refractivity contribution in [3.63, 3.8) is 0 Å². The number of hydrogen-bond donors (Lipinski definition) is 1. The van der Waals surface area contributed by atoms with Gasteiger partial charge < -0.3 is 14.8 Å². The highest BCUT2D eigenvalue weighted by atomic mass is 16.5. The molecule has 3 heteroatoms. The predicted octanol–water partition coefficient (Wildman–Crippen LogP) is 3.35. The lowest BCUT2D eigenvalue weighted by Gasteiger charge is -2.26. The SMILES string of the molecule is COc1cccc(CNCC2CCOc3ccccc32)c1. The zero-order valence-electron chi connectivity index (χ0n) is 12.3. The first-order valence-corrected chi connectivity index (χ1v) is 7.42. The fraction of sp³-hybridized carbons (Fsp3) is 0.333. The topological polar surface area (TPSA) is 30.5 Å². The Morgan fingerprint density at radius 1 is 1.19 bits per heavy atom. The highest BCUT2D eigenvalue weighted by Crippen LogP contribution is 2.32. The molecule has 1 aliphatic heterocycles. The summed E-state index contributed by atoms with van der Waals surface area (Å²) >= 11 is 0. The molecule has 0 aromatic heterocycles. The molecule has 0 spiro atoms. The van der Waals surface area contributed by atoms with Crippen molar-refractivity contribution >= 4 is 0 Å². The molecule has 0 saturated heterocycles. The van der Waals surface area contributed by atoms with Crippen molar-refractivity contribution in [3.05, 3.63) is 59.7 Å². The highest BCUT2D eigenvalue weighted by Gasteiger charge is 2.20. The van der Waals surface area contributed by atoms with Crippen LogP contribution < -0.4 is 14.8 Å². The van der Waals surface area contributed by atoms with Gasteiger partial charge in [0, 0.05) is 19.0 Å². The van der Waals surface area contributed by atoms with E-state index in [9.17, 15) is 0 Å². The number of nitrogens with one attached hydrogen (secondary N) is 1. The maximum atomic E-state index is 5.70. The number of fused-ring (bicyclic) bond motifs is 1. The summed E-state index contributed by atoms with van der Waals surface area (Å²) in [7, 11) is 1.70. The Hall–Kier alpha value is -2.00. The van der Waals surface area contributed by atoms with E-state index in [2.05, 4.69) is 35.6 Å². The fourth-order valence-electron chi connectivity index (χ4n) is 2.80. The van der Waals surface area contributed by atoms with E-state index in [1.165, 1.54) is 11.1 Å². The summed E-state index contributed by atoms with van der Waals surface area (Å²) in [6.07, 6.45) is 1.07. The molecule has 1 unspecified atom stereocenters. The van der Waals surface area contributed by atoms with E-state index < -0.39 is 0 Å². The van der Waals surface area contributed by atoms with Crippen LogP contribution in [0.3, 0.4) is 0 Å².